The summed E-state index contributed by atoms with van der Waals surface area (Å²) in [5.41, 5.74) is 7.86. The Morgan fingerprint density at radius 2 is 0.870 bits per heavy atom. The SMILES string of the molecule is CC(C)C[C@H](NC(=O)[C@@H](NC(=O)CCCCCCCCCCCCCCC(=O)N[C@@H](Cc1ccc(O)cc1)C(=O)N[C@@H](Cc1ccccc1)C(=O)O)C(C)O)C(=O)N[C@@H](Cc1ccccc1)C(N)=O. The highest BCUT2D eigenvalue weighted by Gasteiger charge is 2.32. The molecule has 69 heavy (non-hydrogen) atoms. The van der Waals surface area contributed by atoms with E-state index in [1.54, 1.807) is 36.4 Å². The molecule has 6 amide bonds. The Labute approximate surface area is 407 Å². The van der Waals surface area contributed by atoms with E-state index in [1.807, 2.05) is 50.2 Å². The molecule has 0 aliphatic carbocycles. The van der Waals surface area contributed by atoms with Crippen LogP contribution in [0.5, 0.6) is 5.75 Å². The van der Waals surface area contributed by atoms with Crippen LogP contribution in [-0.2, 0) is 52.8 Å². The zero-order valence-corrected chi connectivity index (χ0v) is 40.6. The lowest BCUT2D eigenvalue weighted by Crippen LogP contribution is -2.59. The van der Waals surface area contributed by atoms with Crippen LogP contribution >= 0.6 is 0 Å². The van der Waals surface area contributed by atoms with Crippen molar-refractivity contribution in [2.24, 2.45) is 11.7 Å². The van der Waals surface area contributed by atoms with Crippen LogP contribution in [0.1, 0.15) is 134 Å². The Bertz CT molecular complexity index is 2030. The third-order valence-electron chi connectivity index (χ3n) is 11.8. The van der Waals surface area contributed by atoms with Gasteiger partial charge in [0.25, 0.3) is 0 Å². The molecule has 16 nitrogen and oxygen atoms in total. The van der Waals surface area contributed by atoms with E-state index in [1.165, 1.54) is 19.1 Å². The van der Waals surface area contributed by atoms with Crippen LogP contribution in [0.15, 0.2) is 84.9 Å². The Kier molecular flexibility index (Phi) is 26.2. The first-order valence-corrected chi connectivity index (χ1v) is 24.6. The van der Waals surface area contributed by atoms with E-state index in [0.29, 0.717) is 18.4 Å². The number of aliphatic carboxylic acids is 1. The van der Waals surface area contributed by atoms with Gasteiger partial charge in [0.1, 0.15) is 36.0 Å². The summed E-state index contributed by atoms with van der Waals surface area (Å²) in [6, 6.07) is 18.9. The molecule has 16 heteroatoms. The molecule has 0 heterocycles. The Hall–Kier alpha value is -6.29. The first-order chi connectivity index (χ1) is 33.0. The van der Waals surface area contributed by atoms with Crippen LogP contribution in [0.4, 0.5) is 0 Å². The Morgan fingerprint density at radius 1 is 0.478 bits per heavy atom. The third kappa shape index (κ3) is 23.5. The highest BCUT2D eigenvalue weighted by molar-refractivity contribution is 5.94. The number of phenolic OH excluding ortho intramolecular Hbond substituents is 1. The molecule has 3 aromatic carbocycles. The number of phenols is 1. The number of aliphatic hydroxyl groups excluding tert-OH is 1. The van der Waals surface area contributed by atoms with E-state index in [0.717, 1.165) is 75.3 Å². The van der Waals surface area contributed by atoms with Crippen molar-refractivity contribution in [3.8, 4) is 5.75 Å². The summed E-state index contributed by atoms with van der Waals surface area (Å²) in [7, 11) is 0. The molecule has 0 bridgehead atoms. The molecule has 0 aromatic heterocycles. The molecule has 6 atom stereocenters. The zero-order chi connectivity index (χ0) is 50.6. The van der Waals surface area contributed by atoms with Crippen molar-refractivity contribution < 1.29 is 48.9 Å². The van der Waals surface area contributed by atoms with Crippen LogP contribution in [-0.4, -0.2) is 93.0 Å². The number of primary amides is 1. The van der Waals surface area contributed by atoms with Crippen LogP contribution < -0.4 is 32.3 Å². The normalized spacial score (nSPS) is 13.8. The number of unbranched alkanes of at least 4 members (excludes halogenated alkanes) is 11. The van der Waals surface area contributed by atoms with Crippen LogP contribution in [0, 0.1) is 5.92 Å². The monoisotopic (exact) mass is 957 g/mol. The highest BCUT2D eigenvalue weighted by atomic mass is 16.4. The van der Waals surface area contributed by atoms with Gasteiger partial charge in [0, 0.05) is 32.1 Å². The van der Waals surface area contributed by atoms with E-state index in [2.05, 4.69) is 26.6 Å². The Balaban J connectivity index is 1.29. The van der Waals surface area contributed by atoms with Crippen molar-refractivity contribution in [2.45, 2.75) is 173 Å². The maximum Gasteiger partial charge on any atom is 0.326 e. The van der Waals surface area contributed by atoms with Gasteiger partial charge >= 0.3 is 5.97 Å². The molecule has 0 saturated carbocycles. The number of hydrogen-bond donors (Lipinski definition) is 9. The fourth-order valence-corrected chi connectivity index (χ4v) is 7.96. The van der Waals surface area contributed by atoms with E-state index >= 15 is 0 Å². The average molecular weight is 957 g/mol. The average Bonchev–Trinajstić information content (AvgIpc) is 3.30. The van der Waals surface area contributed by atoms with Crippen LogP contribution in [0.3, 0.4) is 0 Å². The van der Waals surface area contributed by atoms with Crippen molar-refractivity contribution >= 4 is 41.4 Å². The van der Waals surface area contributed by atoms with E-state index < -0.39 is 65.9 Å². The number of aromatic hydroxyl groups is 1. The predicted molar refractivity (Wildman–Crippen MR) is 264 cm³/mol. The summed E-state index contributed by atoms with van der Waals surface area (Å²) >= 11 is 0. The smallest absolute Gasteiger partial charge is 0.326 e. The number of aliphatic hydroxyl groups is 1. The Morgan fingerprint density at radius 3 is 1.32 bits per heavy atom. The lowest BCUT2D eigenvalue weighted by atomic mass is 10.0. The molecular formula is C53H76N6O10. The number of hydrogen-bond acceptors (Lipinski definition) is 9. The van der Waals surface area contributed by atoms with Gasteiger partial charge in [-0.25, -0.2) is 4.79 Å². The van der Waals surface area contributed by atoms with Gasteiger partial charge in [0.2, 0.25) is 35.4 Å². The second kappa shape index (κ2) is 31.7. The minimum absolute atomic E-state index is 0.00223. The van der Waals surface area contributed by atoms with E-state index in [4.69, 9.17) is 5.73 Å². The maximum absolute atomic E-state index is 13.4. The van der Waals surface area contributed by atoms with Crippen molar-refractivity contribution in [3.63, 3.8) is 0 Å². The molecule has 3 aromatic rings. The topological polar surface area (TPSA) is 266 Å². The van der Waals surface area contributed by atoms with Gasteiger partial charge in [-0.3, -0.25) is 28.8 Å². The minimum Gasteiger partial charge on any atom is -0.508 e. The number of carboxylic acid groups (broad SMARTS) is 1. The highest BCUT2D eigenvalue weighted by Crippen LogP contribution is 2.16. The molecular weight excluding hydrogens is 881 g/mol. The summed E-state index contributed by atoms with van der Waals surface area (Å²) in [4.78, 5) is 90.1. The third-order valence-corrected chi connectivity index (χ3v) is 11.8. The minimum atomic E-state index is -1.27. The fraction of sp³-hybridized carbons (Fsp3) is 0.528. The number of carbonyl (C=O) groups is 7. The summed E-state index contributed by atoms with van der Waals surface area (Å²) in [6.07, 6.45) is 11.2. The summed E-state index contributed by atoms with van der Waals surface area (Å²) in [5, 5.41) is 43.3. The van der Waals surface area contributed by atoms with Gasteiger partial charge < -0.3 is 47.6 Å². The maximum atomic E-state index is 13.4. The molecule has 0 aliphatic rings. The van der Waals surface area contributed by atoms with Gasteiger partial charge in [-0.2, -0.15) is 0 Å². The number of nitrogens with one attached hydrogen (secondary N) is 5. The van der Waals surface area contributed by atoms with Crippen LogP contribution in [0.25, 0.3) is 0 Å². The molecule has 0 aliphatic heterocycles. The summed E-state index contributed by atoms with van der Waals surface area (Å²) in [5.74, 6) is -4.37. The first-order valence-electron chi connectivity index (χ1n) is 24.6. The lowest BCUT2D eigenvalue weighted by Gasteiger charge is -2.26. The van der Waals surface area contributed by atoms with E-state index in [9.17, 15) is 48.9 Å². The second-order valence-electron chi connectivity index (χ2n) is 18.5. The van der Waals surface area contributed by atoms with Gasteiger partial charge in [0.05, 0.1) is 6.10 Å². The largest absolute Gasteiger partial charge is 0.508 e. The van der Waals surface area contributed by atoms with Gasteiger partial charge in [-0.05, 0) is 60.9 Å². The molecule has 0 fully saturated rings. The van der Waals surface area contributed by atoms with Gasteiger partial charge in [0.15, 0.2) is 0 Å². The molecule has 0 saturated heterocycles. The molecule has 0 radical (unpaired) electrons. The quantitative estimate of drug-likeness (QED) is 0.0349. The molecule has 3 rings (SSSR count). The van der Waals surface area contributed by atoms with E-state index in [-0.39, 0.29) is 62.0 Å². The second-order valence-corrected chi connectivity index (χ2v) is 18.5. The van der Waals surface area contributed by atoms with Crippen molar-refractivity contribution in [1.29, 1.82) is 0 Å². The molecule has 378 valence electrons. The summed E-state index contributed by atoms with van der Waals surface area (Å²) < 4.78 is 0. The fourth-order valence-electron chi connectivity index (χ4n) is 7.96. The number of carboxylic acids is 1. The lowest BCUT2D eigenvalue weighted by molar-refractivity contribution is -0.142. The van der Waals surface area contributed by atoms with Gasteiger partial charge in [-0.15, -0.1) is 0 Å². The number of benzene rings is 3. The first kappa shape index (κ1) is 57.0. The van der Waals surface area contributed by atoms with Crippen molar-refractivity contribution in [1.82, 2.24) is 26.6 Å². The molecule has 0 spiro atoms. The predicted octanol–water partition coefficient (Wildman–Crippen LogP) is 5.30. The van der Waals surface area contributed by atoms with Crippen molar-refractivity contribution in [3.05, 3.63) is 102 Å². The van der Waals surface area contributed by atoms with Crippen molar-refractivity contribution in [2.75, 3.05) is 0 Å². The number of carbonyl (C=O) groups excluding carboxylic acids is 6. The standard InChI is InChI=1S/C53H76N6O10/c1-36(2)32-43(50(65)56-42(49(54)64)33-38-22-16-14-17-23-38)57-52(67)48(37(3)60)59-47(63)27-21-13-11-9-7-5-4-6-8-10-12-20-26-46(62)55-44(34-40-28-30-41(61)31-29-40)51(66)58-45(53(68)69)35-39-24-18-15-19-25-39/h14-19,22-25,28-31,36-37,42-45,48,60-61H,4-13,20-21,26-27,32-35H2,1-3H3,(H2,54,64)(H,55,62)(H,56,65)(H,57,67)(H,58,66)(H,59,63)(H,68,69)/t37?,42-,43-,44-,45-,48-/m0/s1. The molecule has 1 unspecified atom stereocenters. The number of nitrogens with two attached hydrogens (primary N) is 1. The van der Waals surface area contributed by atoms with Gasteiger partial charge in [-0.1, -0.05) is 151 Å². The molecule has 10 N–H and O–H groups in total. The zero-order valence-electron chi connectivity index (χ0n) is 40.6. The summed E-state index contributed by atoms with van der Waals surface area (Å²) in [6.45, 7) is 5.16. The number of rotatable bonds is 34. The number of amides is 6. The van der Waals surface area contributed by atoms with Crippen LogP contribution in [0.2, 0.25) is 0 Å².